The van der Waals surface area contributed by atoms with Crippen molar-refractivity contribution in [1.29, 1.82) is 0 Å². The number of primary amides is 1. The lowest BCUT2D eigenvalue weighted by molar-refractivity contribution is -0.119. The highest BCUT2D eigenvalue weighted by molar-refractivity contribution is 7.92. The van der Waals surface area contributed by atoms with Gasteiger partial charge in [-0.05, 0) is 60.2 Å². The van der Waals surface area contributed by atoms with Crippen LogP contribution in [0, 0.1) is 0 Å². The number of amides is 1. The van der Waals surface area contributed by atoms with Gasteiger partial charge in [-0.2, -0.15) is 0 Å². The zero-order valence-electron chi connectivity index (χ0n) is 21.6. The fourth-order valence-corrected chi connectivity index (χ4v) is 5.37. The van der Waals surface area contributed by atoms with Crippen LogP contribution < -0.4 is 25.8 Å². The van der Waals surface area contributed by atoms with Gasteiger partial charge in [0.15, 0.2) is 5.84 Å². The number of amidine groups is 1. The maximum Gasteiger partial charge on any atom is 0.261 e. The molecule has 1 atom stereocenters. The van der Waals surface area contributed by atoms with Gasteiger partial charge in [-0.1, -0.05) is 53.7 Å². The average molecular weight is 560 g/mol. The third kappa shape index (κ3) is 6.33. The van der Waals surface area contributed by atoms with Crippen molar-refractivity contribution in [2.45, 2.75) is 17.5 Å². The topological polar surface area (TPSA) is 160 Å². The average Bonchev–Trinajstić information content (AvgIpc) is 2.98. The summed E-state index contributed by atoms with van der Waals surface area (Å²) in [5, 5.41) is 12.1. The van der Waals surface area contributed by atoms with Crippen molar-refractivity contribution in [2.75, 3.05) is 16.7 Å². The van der Waals surface area contributed by atoms with Gasteiger partial charge in [0.2, 0.25) is 5.91 Å². The monoisotopic (exact) mass is 559 g/mol. The number of nitrogens with zero attached hydrogens (tertiary/aromatic N) is 2. The number of sulfonamides is 1. The highest BCUT2D eigenvalue weighted by Gasteiger charge is 2.31. The van der Waals surface area contributed by atoms with E-state index in [1.54, 1.807) is 59.5 Å². The van der Waals surface area contributed by atoms with Crippen molar-refractivity contribution in [2.24, 2.45) is 16.6 Å². The minimum absolute atomic E-state index is 0.0623. The van der Waals surface area contributed by atoms with Crippen molar-refractivity contribution >= 4 is 33.1 Å². The predicted molar refractivity (Wildman–Crippen MR) is 154 cm³/mol. The summed E-state index contributed by atoms with van der Waals surface area (Å²) in [5.41, 5.74) is 14.2. The summed E-state index contributed by atoms with van der Waals surface area (Å²) in [6.45, 7) is 0.249. The number of carbonyl (C=O) groups excluding carboxylic acids is 1. The van der Waals surface area contributed by atoms with Crippen LogP contribution in [0.4, 0.5) is 11.4 Å². The molecule has 0 fully saturated rings. The molecule has 0 spiro atoms. The van der Waals surface area contributed by atoms with Gasteiger partial charge in [0.25, 0.3) is 10.0 Å². The quantitative estimate of drug-likeness (QED) is 0.0940. The van der Waals surface area contributed by atoms with Crippen molar-refractivity contribution in [3.05, 3.63) is 120 Å². The second-order valence-electron chi connectivity index (χ2n) is 8.82. The molecule has 6 N–H and O–H groups in total. The molecule has 0 bridgehead atoms. The first-order valence-corrected chi connectivity index (χ1v) is 13.7. The molecule has 0 radical (unpaired) electrons. The van der Waals surface area contributed by atoms with Crippen LogP contribution in [0.5, 0.6) is 5.75 Å². The second kappa shape index (κ2) is 12.2. The standard InChI is InChI=1S/C29H29N5O5S/c1-39-23-16-17-26(33-40(37,38)24-10-6-3-7-11-24)25(18-23)27(29(31)35)34(19-20-8-4-2-5-9-20)22-14-12-21(13-15-22)28(30)32-36/h2-18,27,33,36H,19H2,1H3,(H2,30,32)(H2,31,35). The molecule has 40 heavy (non-hydrogen) atoms. The van der Waals surface area contributed by atoms with E-state index in [-0.39, 0.29) is 23.0 Å². The number of ether oxygens (including phenoxy) is 1. The van der Waals surface area contributed by atoms with Crippen molar-refractivity contribution in [3.8, 4) is 5.75 Å². The summed E-state index contributed by atoms with van der Waals surface area (Å²) >= 11 is 0. The van der Waals surface area contributed by atoms with E-state index in [2.05, 4.69) is 9.88 Å². The van der Waals surface area contributed by atoms with Gasteiger partial charge < -0.3 is 26.3 Å². The largest absolute Gasteiger partial charge is 0.497 e. The highest BCUT2D eigenvalue weighted by Crippen LogP contribution is 2.36. The van der Waals surface area contributed by atoms with Crippen LogP contribution in [-0.2, 0) is 21.4 Å². The maximum absolute atomic E-state index is 13.2. The van der Waals surface area contributed by atoms with E-state index in [1.165, 1.54) is 25.3 Å². The van der Waals surface area contributed by atoms with E-state index < -0.39 is 22.0 Å². The molecular weight excluding hydrogens is 530 g/mol. The summed E-state index contributed by atoms with van der Waals surface area (Å²) in [7, 11) is -2.52. The number of nitrogens with two attached hydrogens (primary N) is 2. The number of anilines is 2. The van der Waals surface area contributed by atoms with E-state index in [4.69, 9.17) is 21.4 Å². The zero-order chi connectivity index (χ0) is 28.7. The third-order valence-corrected chi connectivity index (χ3v) is 7.61. The molecule has 0 saturated heterocycles. The summed E-state index contributed by atoms with van der Waals surface area (Å²) < 4.78 is 34.5. The van der Waals surface area contributed by atoms with E-state index in [0.717, 1.165) is 5.56 Å². The molecule has 0 aliphatic carbocycles. The Bertz CT molecular complexity index is 1600. The van der Waals surface area contributed by atoms with Gasteiger partial charge in [0, 0.05) is 23.4 Å². The number of carbonyl (C=O) groups is 1. The highest BCUT2D eigenvalue weighted by atomic mass is 32.2. The van der Waals surface area contributed by atoms with Crippen LogP contribution in [0.2, 0.25) is 0 Å². The maximum atomic E-state index is 13.2. The van der Waals surface area contributed by atoms with Gasteiger partial charge in [-0.25, -0.2) is 8.42 Å². The molecule has 0 aliphatic heterocycles. The fraction of sp³-hybridized carbons (Fsp3) is 0.103. The SMILES string of the molecule is COc1ccc(NS(=O)(=O)c2ccccc2)c(C(C(N)=O)N(Cc2ccccc2)c2ccc(/C(N)=N/O)cc2)c1. The van der Waals surface area contributed by atoms with Crippen molar-refractivity contribution in [1.82, 2.24) is 0 Å². The van der Waals surface area contributed by atoms with E-state index in [1.807, 2.05) is 30.3 Å². The Labute approximate surface area is 232 Å². The molecule has 10 nitrogen and oxygen atoms in total. The fourth-order valence-electron chi connectivity index (χ4n) is 4.26. The Balaban J connectivity index is 1.86. The van der Waals surface area contributed by atoms with Gasteiger partial charge in [0.05, 0.1) is 17.7 Å². The molecule has 0 aromatic heterocycles. The molecule has 0 aliphatic rings. The number of methoxy groups -OCH3 is 1. The van der Waals surface area contributed by atoms with E-state index in [0.29, 0.717) is 22.6 Å². The molecule has 206 valence electrons. The molecule has 1 unspecified atom stereocenters. The molecule has 4 aromatic rings. The Kier molecular flexibility index (Phi) is 8.55. The Morgan fingerprint density at radius 1 is 0.950 bits per heavy atom. The van der Waals surface area contributed by atoms with Crippen molar-refractivity contribution < 1.29 is 23.2 Å². The number of hydrogen-bond donors (Lipinski definition) is 4. The molecule has 4 rings (SSSR count). The molecule has 0 heterocycles. The summed E-state index contributed by atoms with van der Waals surface area (Å²) in [6.07, 6.45) is 0. The van der Waals surface area contributed by atoms with Crippen LogP contribution >= 0.6 is 0 Å². The van der Waals surface area contributed by atoms with Gasteiger partial charge in [-0.15, -0.1) is 0 Å². The summed E-state index contributed by atoms with van der Waals surface area (Å²) in [5.74, 6) is -0.381. The predicted octanol–water partition coefficient (Wildman–Crippen LogP) is 3.82. The van der Waals surface area contributed by atoms with Crippen molar-refractivity contribution in [3.63, 3.8) is 0 Å². The van der Waals surface area contributed by atoms with Crippen LogP contribution in [0.15, 0.2) is 113 Å². The van der Waals surface area contributed by atoms with E-state index in [9.17, 15) is 13.2 Å². The molecular formula is C29H29N5O5S. The minimum atomic E-state index is -3.99. The second-order valence-corrected chi connectivity index (χ2v) is 10.5. The lowest BCUT2D eigenvalue weighted by atomic mass is 10.00. The lowest BCUT2D eigenvalue weighted by Gasteiger charge is -2.33. The molecule has 4 aromatic carbocycles. The number of nitrogens with one attached hydrogen (secondary N) is 1. The normalized spacial score (nSPS) is 12.4. The summed E-state index contributed by atoms with van der Waals surface area (Å²) in [4.78, 5) is 15.0. The molecule has 11 heteroatoms. The Morgan fingerprint density at radius 2 is 1.57 bits per heavy atom. The van der Waals surface area contributed by atoms with Gasteiger partial charge in [-0.3, -0.25) is 9.52 Å². The molecule has 1 amide bonds. The van der Waals surface area contributed by atoms with Gasteiger partial charge >= 0.3 is 0 Å². The smallest absolute Gasteiger partial charge is 0.261 e. The summed E-state index contributed by atoms with van der Waals surface area (Å²) in [6, 6.07) is 27.6. The van der Waals surface area contributed by atoms with E-state index >= 15 is 0 Å². The lowest BCUT2D eigenvalue weighted by Crippen LogP contribution is -2.38. The minimum Gasteiger partial charge on any atom is -0.497 e. The number of benzene rings is 4. The number of rotatable bonds is 11. The number of oxime groups is 1. The molecule has 0 saturated carbocycles. The number of hydrogen-bond acceptors (Lipinski definition) is 7. The van der Waals surface area contributed by atoms with Crippen LogP contribution in [0.3, 0.4) is 0 Å². The van der Waals surface area contributed by atoms with Crippen LogP contribution in [0.1, 0.15) is 22.7 Å². The third-order valence-electron chi connectivity index (χ3n) is 6.23. The first-order valence-electron chi connectivity index (χ1n) is 12.2. The van der Waals surface area contributed by atoms with Crippen LogP contribution in [0.25, 0.3) is 0 Å². The first kappa shape index (κ1) is 28.0. The zero-order valence-corrected chi connectivity index (χ0v) is 22.5. The Morgan fingerprint density at radius 3 is 2.15 bits per heavy atom. The van der Waals surface area contributed by atoms with Gasteiger partial charge in [0.1, 0.15) is 11.8 Å². The first-order chi connectivity index (χ1) is 19.2. The van der Waals surface area contributed by atoms with Crippen LogP contribution in [-0.4, -0.2) is 32.5 Å². The Hall–Kier alpha value is -5.03.